The summed E-state index contributed by atoms with van der Waals surface area (Å²) in [6.07, 6.45) is 0.265. The predicted octanol–water partition coefficient (Wildman–Crippen LogP) is 2.77. The average molecular weight is 367 g/mol. The van der Waals surface area contributed by atoms with E-state index in [0.29, 0.717) is 30.2 Å². The molecule has 2 aromatic rings. The maximum Gasteiger partial charge on any atom is 0.194 e. The van der Waals surface area contributed by atoms with Crippen LogP contribution in [0.2, 0.25) is 0 Å². The number of hydrogen-bond donors (Lipinski definition) is 2. The van der Waals surface area contributed by atoms with E-state index in [1.165, 1.54) is 0 Å². The number of nitrogens with one attached hydrogen (secondary N) is 1. The minimum Gasteiger partial charge on any atom is -0.493 e. The molecule has 0 spiro atoms. The molecule has 3 N–H and O–H groups in total. The molecule has 2 aromatic carbocycles. The van der Waals surface area contributed by atoms with Crippen molar-refractivity contribution < 1.29 is 22.6 Å². The Morgan fingerprint density at radius 3 is 2.27 bits per heavy atom. The molecule has 0 amide bonds. The van der Waals surface area contributed by atoms with Crippen molar-refractivity contribution in [1.29, 1.82) is 0 Å². The predicted molar refractivity (Wildman–Crippen MR) is 92.9 cm³/mol. The zero-order chi connectivity index (χ0) is 19.1. The first kappa shape index (κ1) is 19.4. The third-order valence-corrected chi connectivity index (χ3v) is 3.64. The average Bonchev–Trinajstić information content (AvgIpc) is 2.64. The van der Waals surface area contributed by atoms with E-state index in [9.17, 15) is 13.2 Å². The van der Waals surface area contributed by atoms with Crippen molar-refractivity contribution >= 4 is 5.96 Å². The number of rotatable bonds is 7. The van der Waals surface area contributed by atoms with E-state index in [1.807, 2.05) is 6.07 Å². The molecule has 0 aliphatic rings. The fraction of sp³-hybridized carbons (Fsp3) is 0.278. The molecule has 0 heterocycles. The largest absolute Gasteiger partial charge is 0.493 e. The standard InChI is InChI=1S/C18H20F3N3O2/c1-25-15-4-3-12(9-16(15)26-2)10-24-18(22)23-6-5-11-7-13(19)17(21)14(20)8-11/h3-4,7-9H,5-6,10H2,1-2H3,(H3,22,23,24). The van der Waals surface area contributed by atoms with Gasteiger partial charge in [-0.1, -0.05) is 6.07 Å². The Hall–Kier alpha value is -2.90. The second-order valence-corrected chi connectivity index (χ2v) is 5.44. The summed E-state index contributed by atoms with van der Waals surface area (Å²) in [7, 11) is 3.10. The van der Waals surface area contributed by atoms with Crippen molar-refractivity contribution in [2.24, 2.45) is 10.7 Å². The van der Waals surface area contributed by atoms with Crippen molar-refractivity contribution in [2.75, 3.05) is 20.8 Å². The smallest absolute Gasteiger partial charge is 0.194 e. The Bertz CT molecular complexity index is 774. The van der Waals surface area contributed by atoms with Crippen molar-refractivity contribution in [1.82, 2.24) is 5.32 Å². The Labute approximate surface area is 149 Å². The van der Waals surface area contributed by atoms with Crippen LogP contribution in [0.25, 0.3) is 0 Å². The highest BCUT2D eigenvalue weighted by Gasteiger charge is 2.10. The van der Waals surface area contributed by atoms with E-state index in [4.69, 9.17) is 15.2 Å². The maximum absolute atomic E-state index is 13.1. The van der Waals surface area contributed by atoms with Crippen LogP contribution >= 0.6 is 0 Å². The summed E-state index contributed by atoms with van der Waals surface area (Å²) in [5.41, 5.74) is 6.96. The van der Waals surface area contributed by atoms with Crippen LogP contribution in [0.4, 0.5) is 13.2 Å². The molecule has 0 atom stereocenters. The number of nitrogens with zero attached hydrogens (tertiary/aromatic N) is 1. The minimum absolute atomic E-state index is 0.183. The molecular weight excluding hydrogens is 347 g/mol. The first-order valence-electron chi connectivity index (χ1n) is 7.82. The van der Waals surface area contributed by atoms with Gasteiger partial charge in [-0.3, -0.25) is 0 Å². The summed E-state index contributed by atoms with van der Waals surface area (Å²) >= 11 is 0. The number of methoxy groups -OCH3 is 2. The van der Waals surface area contributed by atoms with Crippen LogP contribution in [-0.4, -0.2) is 26.7 Å². The highest BCUT2D eigenvalue weighted by molar-refractivity contribution is 5.77. The number of aliphatic imine (C=N–C) groups is 1. The summed E-state index contributed by atoms with van der Waals surface area (Å²) < 4.78 is 49.6. The van der Waals surface area contributed by atoms with Crippen molar-refractivity contribution in [2.45, 2.75) is 13.0 Å². The lowest BCUT2D eigenvalue weighted by Crippen LogP contribution is -2.33. The number of benzene rings is 2. The lowest BCUT2D eigenvalue weighted by molar-refractivity contribution is 0.354. The van der Waals surface area contributed by atoms with Crippen LogP contribution in [0.3, 0.4) is 0 Å². The van der Waals surface area contributed by atoms with Gasteiger partial charge in [0, 0.05) is 6.54 Å². The number of guanidine groups is 1. The summed E-state index contributed by atoms with van der Waals surface area (Å²) in [6, 6.07) is 7.31. The topological polar surface area (TPSA) is 68.9 Å². The number of nitrogens with two attached hydrogens (primary N) is 1. The highest BCUT2D eigenvalue weighted by Crippen LogP contribution is 2.27. The van der Waals surface area contributed by atoms with E-state index in [0.717, 1.165) is 17.7 Å². The Morgan fingerprint density at radius 1 is 1.00 bits per heavy atom. The molecule has 2 rings (SSSR count). The molecule has 0 radical (unpaired) electrons. The van der Waals surface area contributed by atoms with E-state index in [2.05, 4.69) is 10.3 Å². The van der Waals surface area contributed by atoms with Crippen molar-refractivity contribution in [3.63, 3.8) is 0 Å². The molecule has 0 aromatic heterocycles. The first-order chi connectivity index (χ1) is 12.4. The number of ether oxygens (including phenoxy) is 2. The lowest BCUT2D eigenvalue weighted by atomic mass is 10.1. The number of halogens is 3. The zero-order valence-corrected chi connectivity index (χ0v) is 14.5. The minimum atomic E-state index is -1.47. The quantitative estimate of drug-likeness (QED) is 0.449. The summed E-state index contributed by atoms with van der Waals surface area (Å²) in [4.78, 5) is 4.18. The zero-order valence-electron chi connectivity index (χ0n) is 14.5. The van der Waals surface area contributed by atoms with Crippen molar-refractivity contribution in [3.05, 3.63) is 58.9 Å². The van der Waals surface area contributed by atoms with E-state index in [-0.39, 0.29) is 12.4 Å². The molecule has 8 heteroatoms. The van der Waals surface area contributed by atoms with Gasteiger partial charge in [0.15, 0.2) is 34.9 Å². The molecule has 0 bridgehead atoms. The van der Waals surface area contributed by atoms with Gasteiger partial charge in [-0.05, 0) is 41.8 Å². The Kier molecular flexibility index (Phi) is 6.71. The highest BCUT2D eigenvalue weighted by atomic mass is 19.2. The van der Waals surface area contributed by atoms with Gasteiger partial charge in [0.05, 0.1) is 20.8 Å². The molecule has 0 saturated carbocycles. The molecular formula is C18H20F3N3O2. The van der Waals surface area contributed by atoms with Gasteiger partial charge in [-0.25, -0.2) is 18.2 Å². The van der Waals surface area contributed by atoms with E-state index >= 15 is 0 Å². The van der Waals surface area contributed by atoms with Gasteiger partial charge >= 0.3 is 0 Å². The monoisotopic (exact) mass is 367 g/mol. The van der Waals surface area contributed by atoms with Crippen LogP contribution in [-0.2, 0) is 13.0 Å². The fourth-order valence-corrected chi connectivity index (χ4v) is 2.30. The molecule has 26 heavy (non-hydrogen) atoms. The summed E-state index contributed by atoms with van der Waals surface area (Å²) in [6.45, 7) is 0.616. The van der Waals surface area contributed by atoms with Crippen LogP contribution in [0.1, 0.15) is 11.1 Å². The van der Waals surface area contributed by atoms with Gasteiger partial charge in [-0.15, -0.1) is 0 Å². The van der Waals surface area contributed by atoms with E-state index < -0.39 is 17.5 Å². The first-order valence-corrected chi connectivity index (χ1v) is 7.82. The second kappa shape index (κ2) is 8.98. The van der Waals surface area contributed by atoms with Gasteiger partial charge < -0.3 is 20.5 Å². The molecule has 140 valence electrons. The van der Waals surface area contributed by atoms with Crippen molar-refractivity contribution in [3.8, 4) is 11.5 Å². The summed E-state index contributed by atoms with van der Waals surface area (Å²) in [5, 5.41) is 2.84. The molecule has 0 aliphatic heterocycles. The number of hydrogen-bond acceptors (Lipinski definition) is 3. The normalized spacial score (nSPS) is 11.3. The third-order valence-electron chi connectivity index (χ3n) is 3.64. The fourth-order valence-electron chi connectivity index (χ4n) is 2.30. The van der Waals surface area contributed by atoms with Crippen LogP contribution in [0.15, 0.2) is 35.3 Å². The molecule has 5 nitrogen and oxygen atoms in total. The second-order valence-electron chi connectivity index (χ2n) is 5.44. The third kappa shape index (κ3) is 5.05. The van der Waals surface area contributed by atoms with Crippen LogP contribution < -0.4 is 20.5 Å². The van der Waals surface area contributed by atoms with Gasteiger partial charge in [0.2, 0.25) is 0 Å². The van der Waals surface area contributed by atoms with Crippen LogP contribution in [0.5, 0.6) is 11.5 Å². The summed E-state index contributed by atoms with van der Waals surface area (Å²) in [5.74, 6) is -2.51. The SMILES string of the molecule is COc1ccc(CN=C(N)NCCc2cc(F)c(F)c(F)c2)cc1OC. The molecule has 0 aliphatic carbocycles. The maximum atomic E-state index is 13.1. The van der Waals surface area contributed by atoms with Crippen LogP contribution in [0, 0.1) is 17.5 Å². The Morgan fingerprint density at radius 2 is 1.65 bits per heavy atom. The lowest BCUT2D eigenvalue weighted by Gasteiger charge is -2.09. The Balaban J connectivity index is 1.89. The molecule has 0 fully saturated rings. The van der Waals surface area contributed by atoms with Gasteiger partial charge in [0.1, 0.15) is 0 Å². The molecule has 0 unspecified atom stereocenters. The van der Waals surface area contributed by atoms with Gasteiger partial charge in [0.25, 0.3) is 0 Å². The van der Waals surface area contributed by atoms with E-state index in [1.54, 1.807) is 26.4 Å². The van der Waals surface area contributed by atoms with Gasteiger partial charge in [-0.2, -0.15) is 0 Å². The molecule has 0 saturated heterocycles.